The van der Waals surface area contributed by atoms with Crippen molar-refractivity contribution in [3.05, 3.63) is 58.6 Å². The van der Waals surface area contributed by atoms with Gasteiger partial charge in [0.15, 0.2) is 0 Å². The van der Waals surface area contributed by atoms with Crippen LogP contribution < -0.4 is 25.4 Å². The molecule has 0 saturated carbocycles. The normalized spacial score (nSPS) is 19.9. The molecule has 0 aliphatic carbocycles. The Hall–Kier alpha value is -3.79. The SMILES string of the molecule is Cc1cc(OCCNC(=O)[C@@H]2CC(=O)N[C@@H](CC(C)C)C(=O)N(C)[C@@H](CC(C)C)COc3ccccc3C(=O)N2)ccc1Cl. The van der Waals surface area contributed by atoms with E-state index in [1.54, 1.807) is 54.4 Å². The first-order chi connectivity index (χ1) is 20.8. The fraction of sp³-hybridized carbons (Fsp3) is 0.515. The average molecular weight is 629 g/mol. The molecule has 0 saturated heterocycles. The van der Waals surface area contributed by atoms with Crippen molar-refractivity contribution in [1.82, 2.24) is 20.9 Å². The monoisotopic (exact) mass is 628 g/mol. The van der Waals surface area contributed by atoms with Crippen LogP contribution in [0.4, 0.5) is 0 Å². The molecule has 11 heteroatoms. The number of fused-ring (bicyclic) bond motifs is 1. The molecule has 2 aromatic rings. The van der Waals surface area contributed by atoms with Gasteiger partial charge in [-0.25, -0.2) is 0 Å². The maximum Gasteiger partial charge on any atom is 0.255 e. The number of nitrogens with zero attached hydrogens (tertiary/aromatic N) is 1. The Morgan fingerprint density at radius 1 is 1.07 bits per heavy atom. The molecule has 0 radical (unpaired) electrons. The van der Waals surface area contributed by atoms with E-state index in [4.69, 9.17) is 21.1 Å². The van der Waals surface area contributed by atoms with E-state index in [9.17, 15) is 19.2 Å². The summed E-state index contributed by atoms with van der Waals surface area (Å²) in [6, 6.07) is 9.68. The van der Waals surface area contributed by atoms with Crippen LogP contribution in [-0.2, 0) is 14.4 Å². The van der Waals surface area contributed by atoms with Gasteiger partial charge in [-0.05, 0) is 67.5 Å². The van der Waals surface area contributed by atoms with Crippen molar-refractivity contribution in [3.8, 4) is 11.5 Å². The molecule has 2 aromatic carbocycles. The third kappa shape index (κ3) is 10.1. The van der Waals surface area contributed by atoms with E-state index in [-0.39, 0.29) is 55.5 Å². The van der Waals surface area contributed by atoms with Gasteiger partial charge in [-0.1, -0.05) is 51.4 Å². The molecular weight excluding hydrogens is 584 g/mol. The molecule has 0 unspecified atom stereocenters. The highest BCUT2D eigenvalue weighted by molar-refractivity contribution is 6.31. The number of rotatable bonds is 9. The van der Waals surface area contributed by atoms with Crippen LogP contribution in [0.5, 0.6) is 11.5 Å². The lowest BCUT2D eigenvalue weighted by atomic mass is 9.99. The summed E-state index contributed by atoms with van der Waals surface area (Å²) in [5, 5.41) is 8.91. The zero-order valence-electron chi connectivity index (χ0n) is 26.4. The number of carbonyl (C=O) groups is 4. The number of hydrogen-bond acceptors (Lipinski definition) is 6. The molecule has 44 heavy (non-hydrogen) atoms. The summed E-state index contributed by atoms with van der Waals surface area (Å²) in [5.41, 5.74) is 1.08. The number of para-hydroxylation sites is 1. The molecule has 1 heterocycles. The molecule has 0 bridgehead atoms. The number of nitrogens with one attached hydrogen (secondary N) is 3. The molecule has 240 valence electrons. The average Bonchev–Trinajstić information content (AvgIpc) is 2.96. The minimum Gasteiger partial charge on any atom is -0.492 e. The molecule has 3 rings (SSSR count). The van der Waals surface area contributed by atoms with E-state index in [0.29, 0.717) is 29.4 Å². The number of hydrogen-bond donors (Lipinski definition) is 3. The molecule has 0 aromatic heterocycles. The van der Waals surface area contributed by atoms with Crippen LogP contribution in [0.2, 0.25) is 5.02 Å². The summed E-state index contributed by atoms with van der Waals surface area (Å²) in [5.74, 6) is -0.548. The van der Waals surface area contributed by atoms with Crippen LogP contribution in [-0.4, -0.2) is 73.5 Å². The minimum absolute atomic E-state index is 0.117. The Kier molecular flexibility index (Phi) is 12.9. The van der Waals surface area contributed by atoms with E-state index >= 15 is 0 Å². The molecule has 1 aliphatic heterocycles. The number of carbonyl (C=O) groups excluding carboxylic acids is 4. The lowest BCUT2D eigenvalue weighted by molar-refractivity contribution is -0.138. The molecule has 1 aliphatic rings. The molecule has 10 nitrogen and oxygen atoms in total. The Labute approximate surface area is 265 Å². The smallest absolute Gasteiger partial charge is 0.255 e. The third-order valence-electron chi connectivity index (χ3n) is 7.35. The molecule has 3 N–H and O–H groups in total. The van der Waals surface area contributed by atoms with Crippen molar-refractivity contribution in [1.29, 1.82) is 0 Å². The fourth-order valence-electron chi connectivity index (χ4n) is 5.02. The molecule has 0 fully saturated rings. The van der Waals surface area contributed by atoms with Gasteiger partial charge in [0, 0.05) is 12.1 Å². The molecule has 0 spiro atoms. The van der Waals surface area contributed by atoms with Crippen LogP contribution in [0, 0.1) is 18.8 Å². The zero-order valence-corrected chi connectivity index (χ0v) is 27.2. The third-order valence-corrected chi connectivity index (χ3v) is 7.78. The van der Waals surface area contributed by atoms with Gasteiger partial charge in [-0.2, -0.15) is 0 Å². The van der Waals surface area contributed by atoms with Crippen molar-refractivity contribution in [3.63, 3.8) is 0 Å². The minimum atomic E-state index is -1.21. The second-order valence-electron chi connectivity index (χ2n) is 12.1. The van der Waals surface area contributed by atoms with Crippen LogP contribution in [0.1, 0.15) is 62.9 Å². The fourth-order valence-corrected chi connectivity index (χ4v) is 5.14. The van der Waals surface area contributed by atoms with E-state index in [0.717, 1.165) is 5.56 Å². The van der Waals surface area contributed by atoms with Gasteiger partial charge < -0.3 is 30.3 Å². The largest absolute Gasteiger partial charge is 0.492 e. The second kappa shape index (κ2) is 16.3. The van der Waals surface area contributed by atoms with Crippen LogP contribution >= 0.6 is 11.6 Å². The zero-order chi connectivity index (χ0) is 32.4. The number of aryl methyl sites for hydroxylation is 1. The van der Waals surface area contributed by atoms with E-state index in [1.165, 1.54) is 0 Å². The number of halogens is 1. The summed E-state index contributed by atoms with van der Waals surface area (Å²) in [6.45, 7) is 10.4. The number of likely N-dealkylation sites (N-methyl/N-ethyl adjacent to an activating group) is 1. The summed E-state index contributed by atoms with van der Waals surface area (Å²) in [6.07, 6.45) is 0.721. The quantitative estimate of drug-likeness (QED) is 0.359. The molecule has 3 atom stereocenters. The van der Waals surface area contributed by atoms with Gasteiger partial charge in [0.1, 0.15) is 36.8 Å². The Balaban J connectivity index is 1.84. The van der Waals surface area contributed by atoms with Crippen LogP contribution in [0.25, 0.3) is 0 Å². The second-order valence-corrected chi connectivity index (χ2v) is 12.5. The molecular formula is C33H45ClN4O6. The first kappa shape index (κ1) is 34.7. The van der Waals surface area contributed by atoms with E-state index in [1.807, 2.05) is 20.8 Å². The number of ether oxygens (including phenoxy) is 2. The van der Waals surface area contributed by atoms with Gasteiger partial charge in [0.25, 0.3) is 5.91 Å². The first-order valence-corrected chi connectivity index (χ1v) is 15.5. The van der Waals surface area contributed by atoms with E-state index in [2.05, 4.69) is 29.8 Å². The van der Waals surface area contributed by atoms with Gasteiger partial charge in [-0.15, -0.1) is 0 Å². The van der Waals surface area contributed by atoms with Gasteiger partial charge in [0.2, 0.25) is 17.7 Å². The highest BCUT2D eigenvalue weighted by Crippen LogP contribution is 2.23. The van der Waals surface area contributed by atoms with Crippen molar-refractivity contribution in [2.45, 2.75) is 72.0 Å². The van der Waals surface area contributed by atoms with Gasteiger partial charge in [0.05, 0.1) is 24.6 Å². The lowest BCUT2D eigenvalue weighted by Crippen LogP contribution is -2.55. The maximum absolute atomic E-state index is 13.7. The Morgan fingerprint density at radius 3 is 2.45 bits per heavy atom. The Morgan fingerprint density at radius 2 is 1.77 bits per heavy atom. The summed E-state index contributed by atoms with van der Waals surface area (Å²) in [7, 11) is 1.71. The Bertz CT molecular complexity index is 1320. The lowest BCUT2D eigenvalue weighted by Gasteiger charge is -2.33. The number of benzene rings is 2. The van der Waals surface area contributed by atoms with E-state index < -0.39 is 29.8 Å². The molecule has 4 amide bonds. The summed E-state index contributed by atoms with van der Waals surface area (Å²) < 4.78 is 11.9. The topological polar surface area (TPSA) is 126 Å². The number of amides is 4. The van der Waals surface area contributed by atoms with Crippen molar-refractivity contribution >= 4 is 35.2 Å². The van der Waals surface area contributed by atoms with Crippen LogP contribution in [0.15, 0.2) is 42.5 Å². The summed E-state index contributed by atoms with van der Waals surface area (Å²) >= 11 is 6.07. The predicted octanol–water partition coefficient (Wildman–Crippen LogP) is 4.13. The van der Waals surface area contributed by atoms with Crippen molar-refractivity contribution in [2.75, 3.05) is 26.8 Å². The maximum atomic E-state index is 13.7. The van der Waals surface area contributed by atoms with Gasteiger partial charge >= 0.3 is 0 Å². The highest BCUT2D eigenvalue weighted by Gasteiger charge is 2.32. The first-order valence-electron chi connectivity index (χ1n) is 15.1. The van der Waals surface area contributed by atoms with Crippen LogP contribution in [0.3, 0.4) is 0 Å². The highest BCUT2D eigenvalue weighted by atomic mass is 35.5. The summed E-state index contributed by atoms with van der Waals surface area (Å²) in [4.78, 5) is 55.4. The van der Waals surface area contributed by atoms with Crippen molar-refractivity contribution in [2.24, 2.45) is 11.8 Å². The van der Waals surface area contributed by atoms with Gasteiger partial charge in [-0.3, -0.25) is 19.2 Å². The van der Waals surface area contributed by atoms with Crippen molar-refractivity contribution < 1.29 is 28.7 Å². The standard InChI is InChI=1S/C33H45ClN4O6/c1-20(2)15-23-19-44-29-10-8-7-9-25(29)31(40)37-27(18-30(39)36-28(16-21(3)4)33(42)38(23)6)32(41)35-13-14-43-24-11-12-26(34)22(5)17-24/h7-12,17,20-21,23,27-28H,13-16,18-19H2,1-6H3,(H,35,41)(H,36,39)(H,37,40)/t23-,27-,28-/m0/s1. The predicted molar refractivity (Wildman–Crippen MR) is 170 cm³/mol.